The van der Waals surface area contributed by atoms with Gasteiger partial charge in [0.1, 0.15) is 5.75 Å². The predicted molar refractivity (Wildman–Crippen MR) is 78.4 cm³/mol. The van der Waals surface area contributed by atoms with E-state index in [4.69, 9.17) is 11.6 Å². The van der Waals surface area contributed by atoms with Gasteiger partial charge in [0.2, 0.25) is 0 Å². The number of imide groups is 1. The molecule has 0 aromatic heterocycles. The second kappa shape index (κ2) is 4.61. The minimum absolute atomic E-state index is 0.160. The molecule has 0 spiro atoms. The second-order valence-corrected chi connectivity index (χ2v) is 5.59. The molecule has 2 amide bonds. The fraction of sp³-hybridized carbons (Fsp3) is 0. The molecule has 0 aliphatic carbocycles. The number of nitrogens with zero attached hydrogens (tertiary/aromatic N) is 1. The standard InChI is InChI=1S/C14H7BrClNO3/c15-7-1-3-9-10(5-7)14(20)17(13(9)19)8-2-4-11(16)12(18)6-8/h1-6,18H. The van der Waals surface area contributed by atoms with Crippen molar-refractivity contribution in [3.8, 4) is 5.75 Å². The molecule has 3 rings (SSSR count). The Hall–Kier alpha value is -1.85. The number of aromatic hydroxyl groups is 1. The molecule has 6 heteroatoms. The van der Waals surface area contributed by atoms with Crippen LogP contribution in [-0.4, -0.2) is 16.9 Å². The van der Waals surface area contributed by atoms with Gasteiger partial charge in [0.15, 0.2) is 0 Å². The summed E-state index contributed by atoms with van der Waals surface area (Å²) >= 11 is 9.00. The van der Waals surface area contributed by atoms with E-state index in [1.54, 1.807) is 18.2 Å². The van der Waals surface area contributed by atoms with E-state index in [0.29, 0.717) is 11.1 Å². The topological polar surface area (TPSA) is 57.6 Å². The second-order valence-electron chi connectivity index (χ2n) is 4.27. The first-order chi connectivity index (χ1) is 9.49. The van der Waals surface area contributed by atoms with Gasteiger partial charge in [0.25, 0.3) is 11.8 Å². The summed E-state index contributed by atoms with van der Waals surface area (Å²) in [6.07, 6.45) is 0. The molecule has 4 nitrogen and oxygen atoms in total. The third-order valence-corrected chi connectivity index (χ3v) is 3.85. The number of carbonyl (C=O) groups excluding carboxylic acids is 2. The highest BCUT2D eigenvalue weighted by Gasteiger charge is 2.36. The Balaban J connectivity index is 2.11. The molecule has 0 unspecified atom stereocenters. The van der Waals surface area contributed by atoms with Crippen LogP contribution in [0, 0.1) is 0 Å². The maximum absolute atomic E-state index is 12.3. The number of hydrogen-bond acceptors (Lipinski definition) is 3. The molecule has 1 aliphatic heterocycles. The number of anilines is 1. The monoisotopic (exact) mass is 351 g/mol. The number of rotatable bonds is 1. The predicted octanol–water partition coefficient (Wildman–Crippen LogP) is 3.61. The number of halogens is 2. The van der Waals surface area contributed by atoms with Gasteiger partial charge in [-0.15, -0.1) is 0 Å². The maximum atomic E-state index is 12.3. The zero-order chi connectivity index (χ0) is 14.4. The van der Waals surface area contributed by atoms with Gasteiger partial charge in [-0.3, -0.25) is 9.59 Å². The summed E-state index contributed by atoms with van der Waals surface area (Å²) in [5.74, 6) is -1.02. The van der Waals surface area contributed by atoms with Gasteiger partial charge in [-0.25, -0.2) is 4.90 Å². The zero-order valence-corrected chi connectivity index (χ0v) is 12.3. The van der Waals surface area contributed by atoms with Crippen LogP contribution in [0.15, 0.2) is 40.9 Å². The van der Waals surface area contributed by atoms with Gasteiger partial charge in [-0.2, -0.15) is 0 Å². The van der Waals surface area contributed by atoms with Crippen LogP contribution in [0.2, 0.25) is 5.02 Å². The van der Waals surface area contributed by atoms with Gasteiger partial charge in [0, 0.05) is 10.5 Å². The molecule has 0 fully saturated rings. The van der Waals surface area contributed by atoms with Gasteiger partial charge in [-0.1, -0.05) is 27.5 Å². The Morgan fingerprint density at radius 1 is 1.00 bits per heavy atom. The maximum Gasteiger partial charge on any atom is 0.266 e. The van der Waals surface area contributed by atoms with E-state index in [9.17, 15) is 14.7 Å². The van der Waals surface area contributed by atoms with Crippen molar-refractivity contribution in [3.63, 3.8) is 0 Å². The average molecular weight is 353 g/mol. The molecule has 2 aromatic rings. The first-order valence-corrected chi connectivity index (χ1v) is 6.83. The highest BCUT2D eigenvalue weighted by atomic mass is 79.9. The summed E-state index contributed by atoms with van der Waals surface area (Å²) in [6.45, 7) is 0. The van der Waals surface area contributed by atoms with E-state index in [1.807, 2.05) is 0 Å². The number of phenols is 1. The van der Waals surface area contributed by atoms with Crippen molar-refractivity contribution in [2.24, 2.45) is 0 Å². The Labute approximate surface area is 127 Å². The van der Waals surface area contributed by atoms with Crippen LogP contribution in [0.25, 0.3) is 0 Å². The van der Waals surface area contributed by atoms with Crippen LogP contribution in [0.1, 0.15) is 20.7 Å². The van der Waals surface area contributed by atoms with Crippen molar-refractivity contribution in [3.05, 3.63) is 57.0 Å². The molecule has 0 saturated heterocycles. The molecular formula is C14H7BrClNO3. The number of amides is 2. The molecule has 1 N–H and O–H groups in total. The van der Waals surface area contributed by atoms with Crippen molar-refractivity contribution < 1.29 is 14.7 Å². The molecule has 0 atom stereocenters. The quantitative estimate of drug-likeness (QED) is 0.798. The van der Waals surface area contributed by atoms with Crippen LogP contribution in [-0.2, 0) is 0 Å². The molecule has 20 heavy (non-hydrogen) atoms. The third-order valence-electron chi connectivity index (χ3n) is 3.04. The summed E-state index contributed by atoms with van der Waals surface area (Å²) in [4.78, 5) is 25.6. The van der Waals surface area contributed by atoms with Crippen molar-refractivity contribution in [1.29, 1.82) is 0 Å². The van der Waals surface area contributed by atoms with Crippen molar-refractivity contribution >= 4 is 45.0 Å². The minimum atomic E-state index is -0.423. The first kappa shape index (κ1) is 13.1. The lowest BCUT2D eigenvalue weighted by Crippen LogP contribution is -2.29. The molecule has 1 heterocycles. The summed E-state index contributed by atoms with van der Waals surface area (Å²) in [5, 5.41) is 9.77. The van der Waals surface area contributed by atoms with Crippen LogP contribution < -0.4 is 4.90 Å². The fourth-order valence-electron chi connectivity index (χ4n) is 2.09. The van der Waals surface area contributed by atoms with Crippen LogP contribution in [0.5, 0.6) is 5.75 Å². The number of benzene rings is 2. The normalized spacial score (nSPS) is 13.8. The Kier molecular flexibility index (Phi) is 3.03. The molecule has 2 aromatic carbocycles. The summed E-state index contributed by atoms with van der Waals surface area (Å²) in [5.41, 5.74) is 0.959. The van der Waals surface area contributed by atoms with E-state index < -0.39 is 11.8 Å². The molecule has 0 radical (unpaired) electrons. The highest BCUT2D eigenvalue weighted by Crippen LogP contribution is 2.34. The zero-order valence-electron chi connectivity index (χ0n) is 9.93. The van der Waals surface area contributed by atoms with E-state index in [0.717, 1.165) is 9.37 Å². The lowest BCUT2D eigenvalue weighted by Gasteiger charge is -2.14. The first-order valence-electron chi connectivity index (χ1n) is 5.66. The molecule has 1 aliphatic rings. The van der Waals surface area contributed by atoms with Gasteiger partial charge in [-0.05, 0) is 30.3 Å². The van der Waals surface area contributed by atoms with E-state index in [2.05, 4.69) is 15.9 Å². The van der Waals surface area contributed by atoms with Crippen LogP contribution in [0.4, 0.5) is 5.69 Å². The van der Waals surface area contributed by atoms with Crippen molar-refractivity contribution in [2.45, 2.75) is 0 Å². The Morgan fingerprint density at radius 2 is 1.70 bits per heavy atom. The minimum Gasteiger partial charge on any atom is -0.506 e. The fourth-order valence-corrected chi connectivity index (χ4v) is 2.57. The summed E-state index contributed by atoms with van der Waals surface area (Å²) in [7, 11) is 0. The van der Waals surface area contributed by atoms with Crippen molar-refractivity contribution in [1.82, 2.24) is 0 Å². The van der Waals surface area contributed by atoms with Crippen LogP contribution in [0.3, 0.4) is 0 Å². The largest absolute Gasteiger partial charge is 0.506 e. The van der Waals surface area contributed by atoms with E-state index in [-0.39, 0.29) is 16.5 Å². The molecular weight excluding hydrogens is 346 g/mol. The Bertz CT molecular complexity index is 760. The average Bonchev–Trinajstić information content (AvgIpc) is 2.65. The summed E-state index contributed by atoms with van der Waals surface area (Å²) < 4.78 is 0.721. The van der Waals surface area contributed by atoms with E-state index in [1.165, 1.54) is 18.2 Å². The van der Waals surface area contributed by atoms with Gasteiger partial charge >= 0.3 is 0 Å². The number of fused-ring (bicyclic) bond motifs is 1. The SMILES string of the molecule is O=C1c2ccc(Br)cc2C(=O)N1c1ccc(Cl)c(O)c1. The number of phenolic OH excluding ortho intramolecular Hbond substituents is 1. The summed E-state index contributed by atoms with van der Waals surface area (Å²) in [6, 6.07) is 9.14. The molecule has 0 saturated carbocycles. The van der Waals surface area contributed by atoms with Crippen LogP contribution >= 0.6 is 27.5 Å². The van der Waals surface area contributed by atoms with Crippen molar-refractivity contribution in [2.75, 3.05) is 4.90 Å². The third kappa shape index (κ3) is 1.90. The van der Waals surface area contributed by atoms with Gasteiger partial charge < -0.3 is 5.11 Å². The lowest BCUT2D eigenvalue weighted by atomic mass is 10.1. The lowest BCUT2D eigenvalue weighted by molar-refractivity contribution is 0.0926. The smallest absolute Gasteiger partial charge is 0.266 e. The number of hydrogen-bond donors (Lipinski definition) is 1. The Morgan fingerprint density at radius 3 is 2.40 bits per heavy atom. The number of carbonyl (C=O) groups is 2. The highest BCUT2D eigenvalue weighted by molar-refractivity contribution is 9.10. The molecule has 0 bridgehead atoms. The van der Waals surface area contributed by atoms with Gasteiger partial charge in [0.05, 0.1) is 21.8 Å². The molecule has 100 valence electrons. The van der Waals surface area contributed by atoms with E-state index >= 15 is 0 Å².